The van der Waals surface area contributed by atoms with Crippen molar-refractivity contribution in [3.8, 4) is 11.4 Å². The van der Waals surface area contributed by atoms with Gasteiger partial charge in [-0.1, -0.05) is 22.9 Å². The van der Waals surface area contributed by atoms with E-state index in [1.165, 1.54) is 0 Å². The van der Waals surface area contributed by atoms with Gasteiger partial charge in [0, 0.05) is 24.2 Å². The van der Waals surface area contributed by atoms with Gasteiger partial charge in [0.2, 0.25) is 5.82 Å². The number of hydrogen-bond acceptors (Lipinski definition) is 5. The zero-order chi connectivity index (χ0) is 21.3. The summed E-state index contributed by atoms with van der Waals surface area (Å²) >= 11 is 0. The van der Waals surface area contributed by atoms with Crippen molar-refractivity contribution in [1.82, 2.24) is 25.0 Å². The maximum atomic E-state index is 12.7. The first-order chi connectivity index (χ1) is 14.3. The quantitative estimate of drug-likeness (QED) is 0.535. The fourth-order valence-electron chi connectivity index (χ4n) is 2.93. The first kappa shape index (κ1) is 19.6. The molecule has 0 aliphatic heterocycles. The third-order valence-electron chi connectivity index (χ3n) is 4.50. The van der Waals surface area contributed by atoms with Crippen LogP contribution in [0.3, 0.4) is 0 Å². The number of halogens is 3. The Labute approximate surface area is 168 Å². The molecule has 2 aromatic heterocycles. The lowest BCUT2D eigenvalue weighted by atomic mass is 10.1. The number of hydrogen-bond donors (Lipinski definition) is 1. The van der Waals surface area contributed by atoms with Gasteiger partial charge < -0.3 is 14.4 Å². The molecule has 1 amide bonds. The van der Waals surface area contributed by atoms with Crippen molar-refractivity contribution in [3.05, 3.63) is 65.8 Å². The lowest BCUT2D eigenvalue weighted by Crippen LogP contribution is -2.27. The molecule has 0 spiro atoms. The maximum absolute atomic E-state index is 12.7. The molecule has 0 atom stereocenters. The van der Waals surface area contributed by atoms with Gasteiger partial charge in [0.05, 0.1) is 17.4 Å². The van der Waals surface area contributed by atoms with Gasteiger partial charge in [0.1, 0.15) is 0 Å². The summed E-state index contributed by atoms with van der Waals surface area (Å²) in [6.07, 6.45) is -3.10. The van der Waals surface area contributed by atoms with Crippen LogP contribution in [0.4, 0.5) is 13.2 Å². The summed E-state index contributed by atoms with van der Waals surface area (Å²) in [5.41, 5.74) is 3.33. The number of amides is 1. The Morgan fingerprint density at radius 3 is 2.63 bits per heavy atom. The molecule has 0 saturated heterocycles. The number of carbonyl (C=O) groups excluding carboxylic acids is 1. The summed E-state index contributed by atoms with van der Waals surface area (Å²) < 4.78 is 44.1. The van der Waals surface area contributed by atoms with Gasteiger partial charge in [-0.2, -0.15) is 18.2 Å². The Morgan fingerprint density at radius 1 is 1.17 bits per heavy atom. The number of rotatable bonds is 5. The summed E-state index contributed by atoms with van der Waals surface area (Å²) in [6, 6.07) is 12.1. The lowest BCUT2D eigenvalue weighted by molar-refractivity contribution is -0.159. The summed E-state index contributed by atoms with van der Waals surface area (Å²) in [6.45, 7) is 2.72. The first-order valence-electron chi connectivity index (χ1n) is 9.02. The van der Waals surface area contributed by atoms with Crippen LogP contribution in [0.15, 0.2) is 53.3 Å². The van der Waals surface area contributed by atoms with E-state index in [0.29, 0.717) is 35.2 Å². The molecule has 30 heavy (non-hydrogen) atoms. The smallest absolute Gasteiger partial charge is 0.350 e. The van der Waals surface area contributed by atoms with E-state index < -0.39 is 12.1 Å². The number of aryl methyl sites for hydroxylation is 1. The van der Waals surface area contributed by atoms with Crippen molar-refractivity contribution in [2.75, 3.05) is 6.54 Å². The van der Waals surface area contributed by atoms with E-state index in [-0.39, 0.29) is 11.7 Å². The van der Waals surface area contributed by atoms with Gasteiger partial charge in [-0.25, -0.2) is 4.98 Å². The van der Waals surface area contributed by atoms with E-state index in [2.05, 4.69) is 25.0 Å². The number of alkyl halides is 3. The van der Waals surface area contributed by atoms with E-state index in [1.54, 1.807) is 41.2 Å². The summed E-state index contributed by atoms with van der Waals surface area (Å²) in [4.78, 5) is 19.9. The fraction of sp³-hybridized carbons (Fsp3) is 0.200. The van der Waals surface area contributed by atoms with E-state index in [4.69, 9.17) is 0 Å². The molecule has 4 rings (SSSR count). The van der Waals surface area contributed by atoms with Crippen molar-refractivity contribution in [3.63, 3.8) is 0 Å². The van der Waals surface area contributed by atoms with Crippen LogP contribution in [0.5, 0.6) is 0 Å². The van der Waals surface area contributed by atoms with Crippen LogP contribution in [-0.4, -0.2) is 32.1 Å². The molecular weight excluding hydrogens is 399 g/mol. The second-order valence-electron chi connectivity index (χ2n) is 6.68. The molecule has 10 heteroatoms. The summed E-state index contributed by atoms with van der Waals surface area (Å²) in [5, 5.41) is 6.24. The van der Waals surface area contributed by atoms with Crippen LogP contribution < -0.4 is 5.32 Å². The monoisotopic (exact) mass is 415 g/mol. The van der Waals surface area contributed by atoms with Crippen molar-refractivity contribution in [2.24, 2.45) is 0 Å². The zero-order valence-corrected chi connectivity index (χ0v) is 15.8. The standard InChI is InChI=1S/C20H16F3N5O2/c1-12-2-4-13(5-3-12)18(29)24-8-9-28-11-25-15-7-6-14(10-16(15)28)17-26-19(30-27-17)20(21,22)23/h2-7,10-11H,8-9H2,1H3,(H,24,29). The molecule has 154 valence electrons. The molecule has 0 radical (unpaired) electrons. The van der Waals surface area contributed by atoms with Gasteiger partial charge in [0.15, 0.2) is 0 Å². The summed E-state index contributed by atoms with van der Waals surface area (Å²) in [7, 11) is 0. The predicted molar refractivity (Wildman–Crippen MR) is 102 cm³/mol. The van der Waals surface area contributed by atoms with Crippen LogP contribution in [0.2, 0.25) is 0 Å². The molecule has 0 unspecified atom stereocenters. The van der Waals surface area contributed by atoms with E-state index in [1.807, 2.05) is 19.1 Å². The molecule has 4 aromatic rings. The lowest BCUT2D eigenvalue weighted by Gasteiger charge is -2.08. The number of benzene rings is 2. The van der Waals surface area contributed by atoms with Crippen LogP contribution in [0, 0.1) is 6.92 Å². The highest BCUT2D eigenvalue weighted by Gasteiger charge is 2.38. The number of aromatic nitrogens is 4. The van der Waals surface area contributed by atoms with Gasteiger partial charge in [0.25, 0.3) is 5.91 Å². The molecule has 0 aliphatic carbocycles. The Bertz CT molecular complexity index is 1200. The minimum Gasteiger partial charge on any atom is -0.350 e. The molecule has 0 bridgehead atoms. The van der Waals surface area contributed by atoms with E-state index >= 15 is 0 Å². The Kier molecular flexibility index (Phi) is 4.98. The van der Waals surface area contributed by atoms with Crippen LogP contribution in [-0.2, 0) is 12.7 Å². The Hall–Kier alpha value is -3.69. The van der Waals surface area contributed by atoms with Crippen LogP contribution >= 0.6 is 0 Å². The van der Waals surface area contributed by atoms with Gasteiger partial charge in [-0.15, -0.1) is 0 Å². The molecule has 7 nitrogen and oxygen atoms in total. The minimum absolute atomic E-state index is 0.162. The average molecular weight is 415 g/mol. The van der Waals surface area contributed by atoms with E-state index in [0.717, 1.165) is 5.56 Å². The first-order valence-corrected chi connectivity index (χ1v) is 9.02. The van der Waals surface area contributed by atoms with E-state index in [9.17, 15) is 18.0 Å². The van der Waals surface area contributed by atoms with Crippen molar-refractivity contribution in [1.29, 1.82) is 0 Å². The Morgan fingerprint density at radius 2 is 1.93 bits per heavy atom. The van der Waals surface area contributed by atoms with Crippen LogP contribution in [0.25, 0.3) is 22.4 Å². The molecule has 0 saturated carbocycles. The summed E-state index contributed by atoms with van der Waals surface area (Å²) in [5.74, 6) is -1.75. The highest BCUT2D eigenvalue weighted by atomic mass is 19.4. The number of nitrogens with zero attached hydrogens (tertiary/aromatic N) is 4. The normalized spacial score (nSPS) is 11.7. The molecular formula is C20H16F3N5O2. The zero-order valence-electron chi connectivity index (χ0n) is 15.8. The van der Waals surface area contributed by atoms with Crippen LogP contribution in [0.1, 0.15) is 21.8 Å². The fourth-order valence-corrected chi connectivity index (χ4v) is 2.93. The largest absolute Gasteiger partial charge is 0.471 e. The molecule has 2 aromatic carbocycles. The third-order valence-corrected chi connectivity index (χ3v) is 4.50. The second kappa shape index (κ2) is 7.62. The molecule has 1 N–H and O–H groups in total. The second-order valence-corrected chi connectivity index (χ2v) is 6.68. The minimum atomic E-state index is -4.70. The Balaban J connectivity index is 1.48. The molecule has 2 heterocycles. The topological polar surface area (TPSA) is 85.8 Å². The molecule has 0 fully saturated rings. The average Bonchev–Trinajstić information content (AvgIpc) is 3.35. The van der Waals surface area contributed by atoms with Gasteiger partial charge >= 0.3 is 12.1 Å². The highest BCUT2D eigenvalue weighted by Crippen LogP contribution is 2.30. The maximum Gasteiger partial charge on any atom is 0.471 e. The van der Waals surface area contributed by atoms with Crippen molar-refractivity contribution >= 4 is 16.9 Å². The predicted octanol–water partition coefficient (Wildman–Crippen LogP) is 3.84. The number of carbonyl (C=O) groups is 1. The van der Waals surface area contributed by atoms with Gasteiger partial charge in [-0.3, -0.25) is 4.79 Å². The number of fused-ring (bicyclic) bond motifs is 1. The third kappa shape index (κ3) is 4.02. The van der Waals surface area contributed by atoms with Crippen molar-refractivity contribution in [2.45, 2.75) is 19.6 Å². The van der Waals surface area contributed by atoms with Gasteiger partial charge in [-0.05, 0) is 37.3 Å². The SMILES string of the molecule is Cc1ccc(C(=O)NCCn2cnc3ccc(-c4noc(C(F)(F)F)n4)cc32)cc1. The molecule has 0 aliphatic rings. The van der Waals surface area contributed by atoms with Crippen molar-refractivity contribution < 1.29 is 22.5 Å². The number of imidazole rings is 1. The number of nitrogens with one attached hydrogen (secondary N) is 1. The highest BCUT2D eigenvalue weighted by molar-refractivity contribution is 5.94.